The van der Waals surface area contributed by atoms with Crippen LogP contribution in [0.1, 0.15) is 41.7 Å². The van der Waals surface area contributed by atoms with E-state index in [0.29, 0.717) is 6.54 Å². The van der Waals surface area contributed by atoms with Gasteiger partial charge < -0.3 is 10.6 Å². The van der Waals surface area contributed by atoms with Gasteiger partial charge in [0.25, 0.3) is 5.91 Å². The zero-order valence-electron chi connectivity index (χ0n) is 13.1. The van der Waals surface area contributed by atoms with E-state index in [-0.39, 0.29) is 11.9 Å². The second-order valence-corrected chi connectivity index (χ2v) is 6.05. The van der Waals surface area contributed by atoms with Crippen LogP contribution in [0.2, 0.25) is 0 Å². The lowest BCUT2D eigenvalue weighted by Gasteiger charge is -2.36. The topological polar surface area (TPSA) is 59.2 Å². The number of benzene rings is 1. The number of rotatable bonds is 3. The van der Waals surface area contributed by atoms with Crippen molar-refractivity contribution in [2.75, 3.05) is 13.1 Å². The highest BCUT2D eigenvalue weighted by molar-refractivity contribution is 6.06. The molecule has 0 spiro atoms. The molecule has 4 nitrogen and oxygen atoms in total. The number of pyridine rings is 1. The van der Waals surface area contributed by atoms with Crippen LogP contribution in [0, 0.1) is 6.92 Å². The molecular formula is C18H23N3O. The second kappa shape index (κ2) is 6.44. The Kier molecular flexibility index (Phi) is 4.39. The molecule has 1 aromatic heterocycles. The Balaban J connectivity index is 2.00. The normalized spacial score (nSPS) is 18.6. The highest BCUT2D eigenvalue weighted by Gasteiger charge is 2.28. The smallest absolute Gasteiger partial charge is 0.254 e. The molecule has 2 N–H and O–H groups in total. The number of aromatic nitrogens is 1. The number of carbonyl (C=O) groups excluding carboxylic acids is 1. The van der Waals surface area contributed by atoms with Crippen LogP contribution in [0.5, 0.6) is 0 Å². The van der Waals surface area contributed by atoms with Crippen molar-refractivity contribution in [3.63, 3.8) is 0 Å². The predicted octanol–water partition coefficient (Wildman–Crippen LogP) is 2.89. The largest absolute Gasteiger partial charge is 0.336 e. The average Bonchev–Trinajstić information content (AvgIpc) is 2.54. The van der Waals surface area contributed by atoms with E-state index in [2.05, 4.69) is 4.98 Å². The van der Waals surface area contributed by atoms with Gasteiger partial charge in [0.1, 0.15) is 0 Å². The summed E-state index contributed by atoms with van der Waals surface area (Å²) in [4.78, 5) is 19.7. The minimum absolute atomic E-state index is 0.125. The summed E-state index contributed by atoms with van der Waals surface area (Å²) < 4.78 is 0. The average molecular weight is 297 g/mol. The highest BCUT2D eigenvalue weighted by Crippen LogP contribution is 2.25. The summed E-state index contributed by atoms with van der Waals surface area (Å²) in [5, 5.41) is 0.940. The van der Waals surface area contributed by atoms with Crippen LogP contribution >= 0.6 is 0 Å². The molecule has 1 saturated heterocycles. The summed E-state index contributed by atoms with van der Waals surface area (Å²) in [6.07, 6.45) is 4.21. The van der Waals surface area contributed by atoms with Crippen LogP contribution in [-0.2, 0) is 0 Å². The molecule has 0 bridgehead atoms. The number of amides is 1. The molecule has 1 fully saturated rings. The molecule has 1 unspecified atom stereocenters. The van der Waals surface area contributed by atoms with Gasteiger partial charge >= 0.3 is 0 Å². The molecule has 4 heteroatoms. The molecular weight excluding hydrogens is 274 g/mol. The standard InChI is InChI=1S/C18H23N3O/c1-13-12-16(15-7-2-3-8-17(15)20-13)18(22)21-11-5-4-6-14(21)9-10-19/h2-3,7-8,12,14H,4-6,9-11,19H2,1H3. The van der Waals surface area contributed by atoms with Crippen molar-refractivity contribution in [2.24, 2.45) is 5.73 Å². The Morgan fingerprint density at radius 1 is 1.36 bits per heavy atom. The predicted molar refractivity (Wildman–Crippen MR) is 88.8 cm³/mol. The van der Waals surface area contributed by atoms with Crippen LogP contribution in [0.3, 0.4) is 0 Å². The Morgan fingerprint density at radius 2 is 2.18 bits per heavy atom. The fraction of sp³-hybridized carbons (Fsp3) is 0.444. The number of piperidine rings is 1. The maximum Gasteiger partial charge on any atom is 0.254 e. The lowest BCUT2D eigenvalue weighted by atomic mass is 9.97. The monoisotopic (exact) mass is 297 g/mol. The summed E-state index contributed by atoms with van der Waals surface area (Å²) in [5.74, 6) is 0.125. The number of hydrogen-bond acceptors (Lipinski definition) is 3. The van der Waals surface area contributed by atoms with E-state index in [9.17, 15) is 4.79 Å². The summed E-state index contributed by atoms with van der Waals surface area (Å²) in [6.45, 7) is 3.40. The summed E-state index contributed by atoms with van der Waals surface area (Å²) >= 11 is 0. The molecule has 1 atom stereocenters. The minimum atomic E-state index is 0.125. The molecule has 116 valence electrons. The first kappa shape index (κ1) is 15.0. The molecule has 0 saturated carbocycles. The van der Waals surface area contributed by atoms with E-state index >= 15 is 0 Å². The quantitative estimate of drug-likeness (QED) is 0.947. The molecule has 0 radical (unpaired) electrons. The molecule has 1 aliphatic rings. The summed E-state index contributed by atoms with van der Waals surface area (Å²) in [7, 11) is 0. The highest BCUT2D eigenvalue weighted by atomic mass is 16.2. The van der Waals surface area contributed by atoms with Gasteiger partial charge in [-0.1, -0.05) is 18.2 Å². The van der Waals surface area contributed by atoms with E-state index < -0.39 is 0 Å². The van der Waals surface area contributed by atoms with Gasteiger partial charge in [0.2, 0.25) is 0 Å². The first-order valence-electron chi connectivity index (χ1n) is 8.08. The van der Waals surface area contributed by atoms with E-state index in [1.807, 2.05) is 42.2 Å². The van der Waals surface area contributed by atoms with Crippen molar-refractivity contribution in [3.05, 3.63) is 41.6 Å². The lowest BCUT2D eigenvalue weighted by Crippen LogP contribution is -2.44. The van der Waals surface area contributed by atoms with Crippen LogP contribution in [0.25, 0.3) is 10.9 Å². The molecule has 3 rings (SSSR count). The number of nitrogens with zero attached hydrogens (tertiary/aromatic N) is 2. The number of nitrogens with two attached hydrogens (primary N) is 1. The van der Waals surface area contributed by atoms with Crippen molar-refractivity contribution in [3.8, 4) is 0 Å². The molecule has 1 aliphatic heterocycles. The number of fused-ring (bicyclic) bond motifs is 1. The maximum atomic E-state index is 13.1. The fourth-order valence-corrected chi connectivity index (χ4v) is 3.40. The van der Waals surface area contributed by atoms with Gasteiger partial charge in [0.15, 0.2) is 0 Å². The van der Waals surface area contributed by atoms with Gasteiger partial charge in [-0.3, -0.25) is 9.78 Å². The molecule has 2 heterocycles. The third kappa shape index (κ3) is 2.83. The van der Waals surface area contributed by atoms with Crippen LogP contribution in [0.4, 0.5) is 0 Å². The third-order valence-corrected chi connectivity index (χ3v) is 4.46. The fourth-order valence-electron chi connectivity index (χ4n) is 3.40. The van der Waals surface area contributed by atoms with Crippen molar-refractivity contribution in [1.29, 1.82) is 0 Å². The number of likely N-dealkylation sites (tertiary alicyclic amines) is 1. The van der Waals surface area contributed by atoms with Gasteiger partial charge in [-0.05, 0) is 51.3 Å². The Labute approximate surface area is 131 Å². The van der Waals surface area contributed by atoms with Crippen LogP contribution in [0.15, 0.2) is 30.3 Å². The molecule has 1 amide bonds. The zero-order chi connectivity index (χ0) is 15.5. The van der Waals surface area contributed by atoms with E-state index in [0.717, 1.165) is 48.0 Å². The Bertz CT molecular complexity index is 681. The molecule has 2 aromatic rings. The summed E-state index contributed by atoms with van der Waals surface area (Å²) in [6, 6.07) is 10.1. The van der Waals surface area contributed by atoms with Crippen molar-refractivity contribution in [1.82, 2.24) is 9.88 Å². The number of aryl methyl sites for hydroxylation is 1. The van der Waals surface area contributed by atoms with Gasteiger partial charge in [0, 0.05) is 23.7 Å². The number of para-hydroxylation sites is 1. The van der Waals surface area contributed by atoms with Gasteiger partial charge in [-0.25, -0.2) is 0 Å². The second-order valence-electron chi connectivity index (χ2n) is 6.05. The SMILES string of the molecule is Cc1cc(C(=O)N2CCCCC2CCN)c2ccccc2n1. The van der Waals surface area contributed by atoms with Crippen LogP contribution in [-0.4, -0.2) is 34.9 Å². The van der Waals surface area contributed by atoms with Gasteiger partial charge in [0.05, 0.1) is 11.1 Å². The number of hydrogen-bond donors (Lipinski definition) is 1. The third-order valence-electron chi connectivity index (χ3n) is 4.46. The van der Waals surface area contributed by atoms with Gasteiger partial charge in [-0.2, -0.15) is 0 Å². The molecule has 22 heavy (non-hydrogen) atoms. The number of carbonyl (C=O) groups is 1. The Morgan fingerprint density at radius 3 is 3.00 bits per heavy atom. The van der Waals surface area contributed by atoms with Crippen molar-refractivity contribution < 1.29 is 4.79 Å². The molecule has 1 aromatic carbocycles. The van der Waals surface area contributed by atoms with E-state index in [4.69, 9.17) is 5.73 Å². The minimum Gasteiger partial charge on any atom is -0.336 e. The first-order valence-corrected chi connectivity index (χ1v) is 8.08. The maximum absolute atomic E-state index is 13.1. The van der Waals surface area contributed by atoms with E-state index in [1.165, 1.54) is 6.42 Å². The van der Waals surface area contributed by atoms with Crippen molar-refractivity contribution in [2.45, 2.75) is 38.6 Å². The summed E-state index contributed by atoms with van der Waals surface area (Å²) in [5.41, 5.74) is 8.27. The van der Waals surface area contributed by atoms with E-state index in [1.54, 1.807) is 0 Å². The zero-order valence-corrected chi connectivity index (χ0v) is 13.1. The van der Waals surface area contributed by atoms with Gasteiger partial charge in [-0.15, -0.1) is 0 Å². The first-order chi connectivity index (χ1) is 10.7. The molecule has 0 aliphatic carbocycles. The van der Waals surface area contributed by atoms with Crippen LogP contribution < -0.4 is 5.73 Å². The lowest BCUT2D eigenvalue weighted by molar-refractivity contribution is 0.0607. The van der Waals surface area contributed by atoms with Crippen molar-refractivity contribution >= 4 is 16.8 Å². The Hall–Kier alpha value is -1.94.